The third kappa shape index (κ3) is 4.47. The molecule has 0 radical (unpaired) electrons. The van der Waals surface area contributed by atoms with Crippen molar-refractivity contribution < 1.29 is 4.79 Å². The Balaban J connectivity index is 1.57. The third-order valence-corrected chi connectivity index (χ3v) is 4.29. The number of nitrogens with one attached hydrogen (secondary N) is 2. The van der Waals surface area contributed by atoms with E-state index >= 15 is 0 Å². The van der Waals surface area contributed by atoms with E-state index in [2.05, 4.69) is 46.3 Å². The molecule has 1 aromatic carbocycles. The molecule has 25 heavy (non-hydrogen) atoms. The van der Waals surface area contributed by atoms with Crippen molar-refractivity contribution in [1.29, 1.82) is 0 Å². The van der Waals surface area contributed by atoms with Crippen LogP contribution in [0.25, 0.3) is 0 Å². The summed E-state index contributed by atoms with van der Waals surface area (Å²) in [6, 6.07) is 7.58. The topological polar surface area (TPSA) is 70.2 Å². The third-order valence-electron chi connectivity index (χ3n) is 4.29. The van der Waals surface area contributed by atoms with Gasteiger partial charge in [0.1, 0.15) is 0 Å². The number of urea groups is 1. The number of hydrogen-bond donors (Lipinski definition) is 2. The van der Waals surface area contributed by atoms with Gasteiger partial charge in [0.25, 0.3) is 0 Å². The van der Waals surface area contributed by atoms with Crippen molar-refractivity contribution in [3.05, 3.63) is 42.2 Å². The highest BCUT2D eigenvalue weighted by Gasteiger charge is 2.15. The maximum Gasteiger partial charge on any atom is 0.323 e. The molecule has 0 atom stereocenters. The van der Waals surface area contributed by atoms with E-state index in [1.54, 1.807) is 12.4 Å². The predicted molar refractivity (Wildman–Crippen MR) is 101 cm³/mol. The molecule has 6 nitrogen and oxygen atoms in total. The number of hydrogen-bond acceptors (Lipinski definition) is 4. The molecule has 0 bridgehead atoms. The van der Waals surface area contributed by atoms with Crippen molar-refractivity contribution in [2.75, 3.05) is 28.6 Å². The van der Waals surface area contributed by atoms with Gasteiger partial charge >= 0.3 is 6.03 Å². The summed E-state index contributed by atoms with van der Waals surface area (Å²) in [4.78, 5) is 22.9. The van der Waals surface area contributed by atoms with Crippen LogP contribution in [0, 0.1) is 0 Å². The molecule has 1 saturated heterocycles. The first-order valence-electron chi connectivity index (χ1n) is 8.67. The Bertz CT molecular complexity index is 713. The van der Waals surface area contributed by atoms with E-state index in [1.807, 2.05) is 24.3 Å². The predicted octanol–water partition coefficient (Wildman–Crippen LogP) is 4.02. The Morgan fingerprint density at radius 2 is 1.52 bits per heavy atom. The van der Waals surface area contributed by atoms with E-state index in [9.17, 15) is 4.79 Å². The Hall–Kier alpha value is -2.63. The van der Waals surface area contributed by atoms with Crippen LogP contribution in [0.4, 0.5) is 22.1 Å². The van der Waals surface area contributed by atoms with Crippen LogP contribution >= 0.6 is 0 Å². The summed E-state index contributed by atoms with van der Waals surface area (Å²) >= 11 is 0. The molecular formula is C19H25N5O. The molecule has 0 spiro atoms. The fraction of sp³-hybridized carbons (Fsp3) is 0.421. The molecule has 6 heteroatoms. The molecule has 2 amide bonds. The number of rotatable bonds is 3. The van der Waals surface area contributed by atoms with Crippen LogP contribution in [0.3, 0.4) is 0 Å². The lowest BCUT2D eigenvalue weighted by Gasteiger charge is -2.19. The number of carbonyl (C=O) groups excluding carboxylic acids is 1. The largest absolute Gasteiger partial charge is 0.341 e. The van der Waals surface area contributed by atoms with Gasteiger partial charge in [-0.3, -0.25) is 0 Å². The van der Waals surface area contributed by atoms with E-state index in [0.29, 0.717) is 5.69 Å². The number of nitrogens with zero attached hydrogens (tertiary/aromatic N) is 3. The maximum atomic E-state index is 12.1. The number of carbonyl (C=O) groups is 1. The molecule has 0 unspecified atom stereocenters. The van der Waals surface area contributed by atoms with Gasteiger partial charge in [-0.2, -0.15) is 0 Å². The van der Waals surface area contributed by atoms with Crippen LogP contribution in [0.5, 0.6) is 0 Å². The fourth-order valence-corrected chi connectivity index (χ4v) is 2.81. The van der Waals surface area contributed by atoms with E-state index in [0.717, 1.165) is 24.7 Å². The normalized spacial score (nSPS) is 14.4. The standard InChI is InChI=1S/C19H25N5O/c1-19(2,3)14-6-8-15(9-7-14)22-18(25)23-16-12-20-17(21-13-16)24-10-4-5-11-24/h6-9,12-13H,4-5,10-11H2,1-3H3,(H2,22,23,25). The zero-order valence-electron chi connectivity index (χ0n) is 15.0. The van der Waals surface area contributed by atoms with Gasteiger partial charge in [0, 0.05) is 18.8 Å². The lowest BCUT2D eigenvalue weighted by Crippen LogP contribution is -2.22. The summed E-state index contributed by atoms with van der Waals surface area (Å²) in [7, 11) is 0. The molecule has 1 aliphatic rings. The first kappa shape index (κ1) is 17.2. The van der Waals surface area contributed by atoms with Gasteiger partial charge in [-0.1, -0.05) is 32.9 Å². The monoisotopic (exact) mass is 339 g/mol. The molecule has 1 aliphatic heterocycles. The molecule has 0 saturated carbocycles. The van der Waals surface area contributed by atoms with Gasteiger partial charge in [0.2, 0.25) is 5.95 Å². The summed E-state index contributed by atoms with van der Waals surface area (Å²) < 4.78 is 0. The molecule has 3 rings (SSSR count). The Morgan fingerprint density at radius 3 is 2.08 bits per heavy atom. The fourth-order valence-electron chi connectivity index (χ4n) is 2.81. The van der Waals surface area contributed by atoms with Gasteiger partial charge < -0.3 is 15.5 Å². The first-order chi connectivity index (χ1) is 11.9. The second-order valence-corrected chi connectivity index (χ2v) is 7.37. The van der Waals surface area contributed by atoms with Gasteiger partial charge in [-0.05, 0) is 36.0 Å². The summed E-state index contributed by atoms with van der Waals surface area (Å²) in [5.41, 5.74) is 2.64. The van der Waals surface area contributed by atoms with Crippen LogP contribution in [0.1, 0.15) is 39.2 Å². The van der Waals surface area contributed by atoms with Crippen LogP contribution in [-0.4, -0.2) is 29.1 Å². The first-order valence-corrected chi connectivity index (χ1v) is 8.67. The minimum atomic E-state index is -0.305. The number of anilines is 3. The van der Waals surface area contributed by atoms with Gasteiger partial charge in [-0.25, -0.2) is 14.8 Å². The molecule has 1 aromatic heterocycles. The lowest BCUT2D eigenvalue weighted by molar-refractivity contribution is 0.262. The second kappa shape index (κ2) is 7.09. The highest BCUT2D eigenvalue weighted by Crippen LogP contribution is 2.23. The maximum absolute atomic E-state index is 12.1. The zero-order valence-corrected chi connectivity index (χ0v) is 15.0. The molecule has 2 N–H and O–H groups in total. The molecule has 2 heterocycles. The summed E-state index contributed by atoms with van der Waals surface area (Å²) in [5, 5.41) is 5.58. The highest BCUT2D eigenvalue weighted by atomic mass is 16.2. The van der Waals surface area contributed by atoms with E-state index in [-0.39, 0.29) is 11.4 Å². The van der Waals surface area contributed by atoms with Crippen molar-refractivity contribution in [3.8, 4) is 0 Å². The van der Waals surface area contributed by atoms with Crippen molar-refractivity contribution in [2.45, 2.75) is 39.0 Å². The van der Waals surface area contributed by atoms with Crippen molar-refractivity contribution in [3.63, 3.8) is 0 Å². The van der Waals surface area contributed by atoms with E-state index < -0.39 is 0 Å². The van der Waals surface area contributed by atoms with Crippen LogP contribution < -0.4 is 15.5 Å². The number of amides is 2. The minimum Gasteiger partial charge on any atom is -0.341 e. The zero-order chi connectivity index (χ0) is 17.9. The Kier molecular flexibility index (Phi) is 4.88. The van der Waals surface area contributed by atoms with Crippen molar-refractivity contribution >= 4 is 23.4 Å². The summed E-state index contributed by atoms with van der Waals surface area (Å²) in [6.07, 6.45) is 5.64. The van der Waals surface area contributed by atoms with E-state index in [1.165, 1.54) is 18.4 Å². The summed E-state index contributed by atoms with van der Waals surface area (Å²) in [5.74, 6) is 0.723. The average Bonchev–Trinajstić information content (AvgIpc) is 3.09. The Labute approximate surface area is 148 Å². The minimum absolute atomic E-state index is 0.0925. The number of aromatic nitrogens is 2. The summed E-state index contributed by atoms with van der Waals surface area (Å²) in [6.45, 7) is 8.48. The lowest BCUT2D eigenvalue weighted by atomic mass is 9.87. The molecule has 2 aromatic rings. The van der Waals surface area contributed by atoms with Crippen molar-refractivity contribution in [1.82, 2.24) is 9.97 Å². The molecular weight excluding hydrogens is 314 g/mol. The molecule has 1 fully saturated rings. The highest BCUT2D eigenvalue weighted by molar-refractivity contribution is 5.99. The van der Waals surface area contributed by atoms with Crippen LogP contribution in [-0.2, 0) is 5.41 Å². The number of benzene rings is 1. The van der Waals surface area contributed by atoms with Crippen LogP contribution in [0.2, 0.25) is 0 Å². The molecule has 132 valence electrons. The average molecular weight is 339 g/mol. The Morgan fingerprint density at radius 1 is 0.960 bits per heavy atom. The smallest absolute Gasteiger partial charge is 0.323 e. The molecule has 0 aliphatic carbocycles. The second-order valence-electron chi connectivity index (χ2n) is 7.37. The van der Waals surface area contributed by atoms with E-state index in [4.69, 9.17) is 0 Å². The van der Waals surface area contributed by atoms with Gasteiger partial charge in [-0.15, -0.1) is 0 Å². The quantitative estimate of drug-likeness (QED) is 0.886. The van der Waals surface area contributed by atoms with Gasteiger partial charge in [0.05, 0.1) is 18.1 Å². The van der Waals surface area contributed by atoms with Crippen LogP contribution in [0.15, 0.2) is 36.7 Å². The SMILES string of the molecule is CC(C)(C)c1ccc(NC(=O)Nc2cnc(N3CCCC3)nc2)cc1. The van der Waals surface area contributed by atoms with Crippen molar-refractivity contribution in [2.24, 2.45) is 0 Å². The van der Waals surface area contributed by atoms with Gasteiger partial charge in [0.15, 0.2) is 0 Å².